The fourth-order valence-electron chi connectivity index (χ4n) is 7.95. The highest BCUT2D eigenvalue weighted by atomic mass is 16.6. The molecule has 252 valence electrons. The lowest BCUT2D eigenvalue weighted by Gasteiger charge is -2.41. The second-order valence-electron chi connectivity index (χ2n) is 13.6. The highest BCUT2D eigenvalue weighted by Crippen LogP contribution is 2.44. The van der Waals surface area contributed by atoms with E-state index in [0.717, 1.165) is 67.2 Å². The minimum absolute atomic E-state index is 0.108. The maximum absolute atomic E-state index is 14.8. The van der Waals surface area contributed by atoms with Crippen molar-refractivity contribution in [3.05, 3.63) is 59.7 Å². The number of benzene rings is 2. The number of aliphatic carboxylic acids is 1. The Kier molecular flexibility index (Phi) is 10.4. The molecule has 0 aromatic heterocycles. The molecule has 3 amide bonds. The lowest BCUT2D eigenvalue weighted by molar-refractivity contribution is -0.155. The molecule has 3 fully saturated rings. The van der Waals surface area contributed by atoms with Crippen molar-refractivity contribution in [3.63, 3.8) is 0 Å². The number of nitrogens with zero attached hydrogens (tertiary/aromatic N) is 3. The van der Waals surface area contributed by atoms with E-state index in [1.54, 1.807) is 11.9 Å². The second-order valence-corrected chi connectivity index (χ2v) is 13.6. The molecule has 1 N–H and O–H groups in total. The molecular formula is C37H47N3O7. The smallest absolute Gasteiger partial charge is 0.410 e. The van der Waals surface area contributed by atoms with E-state index in [0.29, 0.717) is 38.6 Å². The minimum Gasteiger partial charge on any atom is -0.481 e. The number of fused-ring (bicyclic) bond motifs is 3. The summed E-state index contributed by atoms with van der Waals surface area (Å²) >= 11 is 0. The number of likely N-dealkylation sites (N-methyl/N-ethyl adjacent to an activating group) is 1. The van der Waals surface area contributed by atoms with Crippen LogP contribution in [0.15, 0.2) is 48.5 Å². The Morgan fingerprint density at radius 2 is 1.53 bits per heavy atom. The number of hydrogen-bond acceptors (Lipinski definition) is 6. The molecule has 1 aliphatic heterocycles. The van der Waals surface area contributed by atoms with Crippen molar-refractivity contribution in [3.8, 4) is 11.1 Å². The molecule has 10 heteroatoms. The summed E-state index contributed by atoms with van der Waals surface area (Å²) in [6.07, 6.45) is 6.32. The Labute approximate surface area is 277 Å². The largest absolute Gasteiger partial charge is 0.481 e. The first kappa shape index (κ1) is 33.0. The van der Waals surface area contributed by atoms with Crippen molar-refractivity contribution in [2.75, 3.05) is 46.5 Å². The number of carbonyl (C=O) groups is 4. The van der Waals surface area contributed by atoms with E-state index in [9.17, 15) is 24.3 Å². The van der Waals surface area contributed by atoms with Gasteiger partial charge in [-0.3, -0.25) is 19.3 Å². The number of amides is 3. The van der Waals surface area contributed by atoms with Crippen LogP contribution in [0.4, 0.5) is 4.79 Å². The zero-order valence-electron chi connectivity index (χ0n) is 27.4. The van der Waals surface area contributed by atoms with Gasteiger partial charge in [-0.25, -0.2) is 4.79 Å². The quantitative estimate of drug-likeness (QED) is 0.340. The third-order valence-corrected chi connectivity index (χ3v) is 10.8. The van der Waals surface area contributed by atoms with Gasteiger partial charge in [-0.1, -0.05) is 80.6 Å². The van der Waals surface area contributed by atoms with E-state index in [-0.39, 0.29) is 36.8 Å². The van der Waals surface area contributed by atoms with Crippen molar-refractivity contribution < 1.29 is 33.8 Å². The van der Waals surface area contributed by atoms with Gasteiger partial charge in [0, 0.05) is 32.6 Å². The van der Waals surface area contributed by atoms with Crippen LogP contribution in [0.1, 0.15) is 74.8 Å². The molecule has 0 unspecified atom stereocenters. The van der Waals surface area contributed by atoms with Crippen LogP contribution in [0, 0.1) is 11.8 Å². The van der Waals surface area contributed by atoms with Crippen molar-refractivity contribution in [2.45, 2.75) is 75.8 Å². The third-order valence-electron chi connectivity index (χ3n) is 10.8. The predicted molar refractivity (Wildman–Crippen MR) is 176 cm³/mol. The average molecular weight is 646 g/mol. The predicted octanol–water partition coefficient (Wildman–Crippen LogP) is 5.15. The van der Waals surface area contributed by atoms with Gasteiger partial charge in [0.15, 0.2) is 0 Å². The maximum Gasteiger partial charge on any atom is 0.410 e. The van der Waals surface area contributed by atoms with Crippen LogP contribution in [-0.4, -0.2) is 102 Å². The second kappa shape index (κ2) is 14.9. The summed E-state index contributed by atoms with van der Waals surface area (Å²) in [5.74, 6) is -1.65. The maximum atomic E-state index is 14.8. The molecule has 47 heavy (non-hydrogen) atoms. The molecule has 3 aliphatic carbocycles. The first-order valence-corrected chi connectivity index (χ1v) is 17.3. The molecule has 2 aromatic carbocycles. The number of morpholine rings is 1. The zero-order chi connectivity index (χ0) is 32.9. The van der Waals surface area contributed by atoms with Gasteiger partial charge >= 0.3 is 12.1 Å². The van der Waals surface area contributed by atoms with Crippen molar-refractivity contribution in [2.24, 2.45) is 11.8 Å². The van der Waals surface area contributed by atoms with E-state index in [1.807, 2.05) is 24.3 Å². The Morgan fingerprint density at radius 3 is 2.11 bits per heavy atom. The van der Waals surface area contributed by atoms with Gasteiger partial charge in [0.05, 0.1) is 19.6 Å². The fraction of sp³-hybridized carbons (Fsp3) is 0.568. The van der Waals surface area contributed by atoms with E-state index < -0.39 is 30.6 Å². The number of hydrogen-bond donors (Lipinski definition) is 1. The van der Waals surface area contributed by atoms with Crippen LogP contribution in [0.5, 0.6) is 0 Å². The summed E-state index contributed by atoms with van der Waals surface area (Å²) in [6.45, 7) is 1.86. The SMILES string of the molecule is CN(C(=O)OCC1c2ccccc2-c2ccccc21)[C@H](C(=O)N(CCC1CCC1)[C@@H](CC(=O)O)C(=O)N1CCOCC1)C1CCCC1. The third kappa shape index (κ3) is 7.17. The molecule has 1 saturated heterocycles. The van der Waals surface area contributed by atoms with Gasteiger partial charge in [0.1, 0.15) is 18.7 Å². The van der Waals surface area contributed by atoms with Gasteiger partial charge in [-0.2, -0.15) is 0 Å². The van der Waals surface area contributed by atoms with Gasteiger partial charge in [0.25, 0.3) is 0 Å². The summed E-state index contributed by atoms with van der Waals surface area (Å²) in [5, 5.41) is 9.94. The Hall–Kier alpha value is -3.92. The van der Waals surface area contributed by atoms with E-state index in [2.05, 4.69) is 24.3 Å². The molecule has 10 nitrogen and oxygen atoms in total. The molecule has 6 rings (SSSR count). The summed E-state index contributed by atoms with van der Waals surface area (Å²) in [4.78, 5) is 59.2. The molecule has 2 saturated carbocycles. The van der Waals surface area contributed by atoms with Crippen molar-refractivity contribution >= 4 is 23.9 Å². The molecule has 2 atom stereocenters. The molecule has 2 aromatic rings. The Bertz CT molecular complexity index is 1400. The van der Waals surface area contributed by atoms with E-state index in [4.69, 9.17) is 9.47 Å². The molecule has 0 bridgehead atoms. The number of carboxylic acid groups (broad SMARTS) is 1. The van der Waals surface area contributed by atoms with Crippen LogP contribution in [0.2, 0.25) is 0 Å². The first-order chi connectivity index (χ1) is 22.8. The number of carboxylic acids is 1. The lowest BCUT2D eigenvalue weighted by Crippen LogP contribution is -2.60. The number of ether oxygens (including phenoxy) is 2. The van der Waals surface area contributed by atoms with Crippen molar-refractivity contribution in [1.29, 1.82) is 0 Å². The standard InChI is InChI=1S/C37H47N3O7/c1-38(37(45)47-24-31-29-15-6-4-13-27(29)28-14-5-7-16-30(28)31)34(26-11-2-3-12-26)36(44)40(18-17-25-9-8-10-25)32(23-33(41)42)35(43)39-19-21-46-22-20-39/h4-7,13-16,25-26,31-32,34H,2-3,8-12,17-24H2,1H3,(H,41,42)/t32-,34-/m0/s1. The van der Waals surface area contributed by atoms with Crippen LogP contribution < -0.4 is 0 Å². The summed E-state index contributed by atoms with van der Waals surface area (Å²) in [7, 11) is 1.61. The molecule has 1 heterocycles. The Morgan fingerprint density at radius 1 is 0.915 bits per heavy atom. The minimum atomic E-state index is -1.15. The van der Waals surface area contributed by atoms with Crippen molar-refractivity contribution in [1.82, 2.24) is 14.7 Å². The first-order valence-electron chi connectivity index (χ1n) is 17.3. The molecule has 0 spiro atoms. The fourth-order valence-corrected chi connectivity index (χ4v) is 7.95. The lowest BCUT2D eigenvalue weighted by atomic mass is 9.82. The summed E-state index contributed by atoms with van der Waals surface area (Å²) in [5.41, 5.74) is 4.47. The monoisotopic (exact) mass is 645 g/mol. The molecule has 4 aliphatic rings. The summed E-state index contributed by atoms with van der Waals surface area (Å²) < 4.78 is 11.4. The van der Waals surface area contributed by atoms with Crippen LogP contribution in [0.3, 0.4) is 0 Å². The van der Waals surface area contributed by atoms with Gasteiger partial charge in [-0.15, -0.1) is 0 Å². The summed E-state index contributed by atoms with van der Waals surface area (Å²) in [6, 6.07) is 14.3. The van der Waals surface area contributed by atoms with Crippen LogP contribution in [0.25, 0.3) is 11.1 Å². The van der Waals surface area contributed by atoms with Gasteiger partial charge in [0.2, 0.25) is 11.8 Å². The van der Waals surface area contributed by atoms with Gasteiger partial charge < -0.3 is 24.4 Å². The number of rotatable bonds is 12. The topological polar surface area (TPSA) is 117 Å². The van der Waals surface area contributed by atoms with Crippen LogP contribution >= 0.6 is 0 Å². The average Bonchev–Trinajstić information content (AvgIpc) is 3.70. The molecular weight excluding hydrogens is 598 g/mol. The van der Waals surface area contributed by atoms with Crippen LogP contribution in [-0.2, 0) is 23.9 Å². The highest BCUT2D eigenvalue weighted by molar-refractivity contribution is 5.93. The normalized spacial score (nSPS) is 19.3. The zero-order valence-corrected chi connectivity index (χ0v) is 27.4. The van der Waals surface area contributed by atoms with Gasteiger partial charge in [-0.05, 0) is 53.4 Å². The number of carbonyl (C=O) groups excluding carboxylic acids is 3. The highest BCUT2D eigenvalue weighted by Gasteiger charge is 2.44. The van der Waals surface area contributed by atoms with E-state index in [1.165, 1.54) is 9.80 Å². The molecule has 0 radical (unpaired) electrons. The Balaban J connectivity index is 1.24. The van der Waals surface area contributed by atoms with E-state index >= 15 is 0 Å².